The highest BCUT2D eigenvalue weighted by atomic mass is 35.5. The van der Waals surface area contributed by atoms with Crippen LogP contribution in [0.5, 0.6) is 5.75 Å². The number of morpholine rings is 1. The maximum atomic E-state index is 12.5. The number of rotatable bonds is 6. The summed E-state index contributed by atoms with van der Waals surface area (Å²) < 4.78 is 11.0. The Hall–Kier alpha value is -2.08. The van der Waals surface area contributed by atoms with Crippen LogP contribution in [0.25, 0.3) is 11.1 Å². The molecule has 0 bridgehead atoms. The third kappa shape index (κ3) is 5.04. The fourth-order valence-corrected chi connectivity index (χ4v) is 3.11. The van der Waals surface area contributed by atoms with E-state index in [0.717, 1.165) is 11.1 Å². The van der Waals surface area contributed by atoms with E-state index < -0.39 is 0 Å². The predicted molar refractivity (Wildman–Crippen MR) is 110 cm³/mol. The van der Waals surface area contributed by atoms with Crippen molar-refractivity contribution < 1.29 is 19.4 Å². The first-order valence-electron chi connectivity index (χ1n) is 9.40. The number of ether oxygens (including phenoxy) is 2. The molecule has 2 aromatic carbocycles. The molecule has 1 fully saturated rings. The summed E-state index contributed by atoms with van der Waals surface area (Å²) in [5.41, 5.74) is 2.26. The van der Waals surface area contributed by atoms with Crippen molar-refractivity contribution in [3.63, 3.8) is 0 Å². The summed E-state index contributed by atoms with van der Waals surface area (Å²) in [5.74, 6) is 0.620. The highest BCUT2D eigenvalue weighted by Crippen LogP contribution is 2.31. The van der Waals surface area contributed by atoms with Crippen LogP contribution in [0.15, 0.2) is 42.5 Å². The van der Waals surface area contributed by atoms with Crippen LogP contribution in [-0.4, -0.2) is 55.4 Å². The average molecular weight is 404 g/mol. The highest BCUT2D eigenvalue weighted by molar-refractivity contribution is 6.32. The third-order valence-corrected chi connectivity index (χ3v) is 5.04. The number of hydrogen-bond acceptors (Lipinski definition) is 4. The zero-order valence-corrected chi connectivity index (χ0v) is 17.0. The molecule has 6 heteroatoms. The minimum absolute atomic E-state index is 0.0307. The number of aliphatic hydroxyl groups is 1. The van der Waals surface area contributed by atoms with Crippen molar-refractivity contribution >= 4 is 17.5 Å². The van der Waals surface area contributed by atoms with Gasteiger partial charge in [0, 0.05) is 24.1 Å². The lowest BCUT2D eigenvalue weighted by molar-refractivity contribution is 0.0303. The molecule has 5 nitrogen and oxygen atoms in total. The van der Waals surface area contributed by atoms with Gasteiger partial charge in [0.25, 0.3) is 5.91 Å². The Morgan fingerprint density at radius 3 is 2.39 bits per heavy atom. The van der Waals surface area contributed by atoms with Crippen LogP contribution in [0, 0.1) is 5.41 Å². The molecule has 28 heavy (non-hydrogen) atoms. The first-order chi connectivity index (χ1) is 13.4. The van der Waals surface area contributed by atoms with E-state index in [9.17, 15) is 9.90 Å². The SMILES string of the molecule is CC(C)(CO)COc1ccc(-c2ccc(C(=O)N3CCOCC3)cc2)cc1Cl. The van der Waals surface area contributed by atoms with E-state index in [4.69, 9.17) is 21.1 Å². The molecule has 1 aliphatic rings. The monoisotopic (exact) mass is 403 g/mol. The van der Waals surface area contributed by atoms with Crippen LogP contribution in [0.1, 0.15) is 24.2 Å². The number of aliphatic hydroxyl groups excluding tert-OH is 1. The summed E-state index contributed by atoms with van der Waals surface area (Å²) in [4.78, 5) is 14.4. The number of nitrogens with zero attached hydrogens (tertiary/aromatic N) is 1. The molecule has 1 amide bonds. The highest BCUT2D eigenvalue weighted by Gasteiger charge is 2.19. The lowest BCUT2D eigenvalue weighted by Crippen LogP contribution is -2.40. The summed E-state index contributed by atoms with van der Waals surface area (Å²) in [5, 5.41) is 9.85. The maximum absolute atomic E-state index is 12.5. The number of benzene rings is 2. The molecule has 2 aromatic rings. The molecule has 0 atom stereocenters. The van der Waals surface area contributed by atoms with Gasteiger partial charge in [-0.2, -0.15) is 0 Å². The van der Waals surface area contributed by atoms with Gasteiger partial charge in [-0.3, -0.25) is 4.79 Å². The first-order valence-corrected chi connectivity index (χ1v) is 9.78. The van der Waals surface area contributed by atoms with Gasteiger partial charge in [-0.15, -0.1) is 0 Å². The molecule has 150 valence electrons. The van der Waals surface area contributed by atoms with Gasteiger partial charge in [-0.05, 0) is 35.4 Å². The summed E-state index contributed by atoms with van der Waals surface area (Å²) in [6, 6.07) is 13.2. The lowest BCUT2D eigenvalue weighted by atomic mass is 9.96. The van der Waals surface area contributed by atoms with Crippen LogP contribution >= 0.6 is 11.6 Å². The van der Waals surface area contributed by atoms with Crippen molar-refractivity contribution in [1.82, 2.24) is 4.90 Å². The third-order valence-electron chi connectivity index (χ3n) is 4.74. The van der Waals surface area contributed by atoms with E-state index >= 15 is 0 Å². The second-order valence-electron chi connectivity index (χ2n) is 7.74. The molecule has 0 unspecified atom stereocenters. The second-order valence-corrected chi connectivity index (χ2v) is 8.15. The number of halogens is 1. The minimum Gasteiger partial charge on any atom is -0.491 e. The summed E-state index contributed by atoms with van der Waals surface area (Å²) in [7, 11) is 0. The minimum atomic E-state index is -0.329. The average Bonchev–Trinajstić information content (AvgIpc) is 2.73. The van der Waals surface area contributed by atoms with Gasteiger partial charge in [0.15, 0.2) is 0 Å². The van der Waals surface area contributed by atoms with Crippen LogP contribution in [0.4, 0.5) is 0 Å². The van der Waals surface area contributed by atoms with Crippen molar-refractivity contribution in [2.24, 2.45) is 5.41 Å². The molecule has 1 heterocycles. The van der Waals surface area contributed by atoms with Gasteiger partial charge in [0.1, 0.15) is 5.75 Å². The number of hydrogen-bond donors (Lipinski definition) is 1. The van der Waals surface area contributed by atoms with Gasteiger partial charge in [-0.25, -0.2) is 0 Å². The molecule has 1 N–H and O–H groups in total. The van der Waals surface area contributed by atoms with Crippen LogP contribution in [-0.2, 0) is 4.74 Å². The Balaban J connectivity index is 1.69. The standard InChI is InChI=1S/C22H26ClNO4/c1-22(2,14-25)15-28-20-8-7-18(13-19(20)23)16-3-5-17(6-4-16)21(26)24-9-11-27-12-10-24/h3-8,13,25H,9-12,14-15H2,1-2H3. The quantitative estimate of drug-likeness (QED) is 0.795. The Morgan fingerprint density at radius 2 is 1.79 bits per heavy atom. The molecule has 1 aliphatic heterocycles. The second kappa shape index (κ2) is 8.95. The normalized spacial score (nSPS) is 14.8. The molecule has 0 spiro atoms. The van der Waals surface area contributed by atoms with E-state index in [2.05, 4.69) is 0 Å². The maximum Gasteiger partial charge on any atom is 0.254 e. The molecule has 0 radical (unpaired) electrons. The Morgan fingerprint density at radius 1 is 1.14 bits per heavy atom. The van der Waals surface area contributed by atoms with Crippen molar-refractivity contribution in [3.8, 4) is 16.9 Å². The summed E-state index contributed by atoms with van der Waals surface area (Å²) >= 11 is 6.37. The zero-order valence-electron chi connectivity index (χ0n) is 16.3. The number of carbonyl (C=O) groups excluding carboxylic acids is 1. The zero-order chi connectivity index (χ0) is 20.1. The topological polar surface area (TPSA) is 59.0 Å². The van der Waals surface area contributed by atoms with Crippen LogP contribution < -0.4 is 4.74 Å². The Bertz CT molecular complexity index is 814. The van der Waals surface area contributed by atoms with E-state index in [-0.39, 0.29) is 17.9 Å². The van der Waals surface area contributed by atoms with Crippen molar-refractivity contribution in [3.05, 3.63) is 53.1 Å². The Labute approximate surface area is 170 Å². The van der Waals surface area contributed by atoms with Crippen molar-refractivity contribution in [2.45, 2.75) is 13.8 Å². The molecule has 1 saturated heterocycles. The molecule has 0 aliphatic carbocycles. The summed E-state index contributed by atoms with van der Waals surface area (Å²) in [6.45, 7) is 6.71. The van der Waals surface area contributed by atoms with E-state index in [1.807, 2.05) is 61.2 Å². The van der Waals surface area contributed by atoms with Gasteiger partial charge in [0.05, 0.1) is 31.5 Å². The summed E-state index contributed by atoms with van der Waals surface area (Å²) in [6.07, 6.45) is 0. The molecule has 0 saturated carbocycles. The van der Waals surface area contributed by atoms with Gasteiger partial charge in [-0.1, -0.05) is 43.6 Å². The van der Waals surface area contributed by atoms with Crippen molar-refractivity contribution in [2.75, 3.05) is 39.5 Å². The molecular weight excluding hydrogens is 378 g/mol. The van der Waals surface area contributed by atoms with E-state index in [1.165, 1.54) is 0 Å². The molecular formula is C22H26ClNO4. The van der Waals surface area contributed by atoms with Crippen molar-refractivity contribution in [1.29, 1.82) is 0 Å². The smallest absolute Gasteiger partial charge is 0.254 e. The predicted octanol–water partition coefficient (Wildman–Crippen LogP) is 3.88. The number of amides is 1. The fraction of sp³-hybridized carbons (Fsp3) is 0.409. The first kappa shape index (κ1) is 20.6. The van der Waals surface area contributed by atoms with E-state index in [1.54, 1.807) is 0 Å². The van der Waals surface area contributed by atoms with Gasteiger partial charge >= 0.3 is 0 Å². The van der Waals surface area contributed by atoms with Gasteiger partial charge < -0.3 is 19.5 Å². The molecule has 3 rings (SSSR count). The van der Waals surface area contributed by atoms with E-state index in [0.29, 0.717) is 49.2 Å². The lowest BCUT2D eigenvalue weighted by Gasteiger charge is -2.26. The Kier molecular flexibility index (Phi) is 6.60. The van der Waals surface area contributed by atoms with Gasteiger partial charge in [0.2, 0.25) is 0 Å². The number of carbonyl (C=O) groups is 1. The fourth-order valence-electron chi connectivity index (χ4n) is 2.87. The van der Waals surface area contributed by atoms with Crippen LogP contribution in [0.2, 0.25) is 5.02 Å². The molecule has 0 aromatic heterocycles. The van der Waals surface area contributed by atoms with Crippen LogP contribution in [0.3, 0.4) is 0 Å². The largest absolute Gasteiger partial charge is 0.491 e.